The summed E-state index contributed by atoms with van der Waals surface area (Å²) in [6.45, 7) is 8.43. The number of carbonyl (C=O) groups excluding carboxylic acids is 2. The second kappa shape index (κ2) is 12.9. The minimum atomic E-state index is -0.498. The van der Waals surface area contributed by atoms with Crippen molar-refractivity contribution in [3.63, 3.8) is 0 Å². The number of rotatable bonds is 10. The van der Waals surface area contributed by atoms with Gasteiger partial charge in [-0.3, -0.25) is 14.9 Å². The Labute approximate surface area is 202 Å². The van der Waals surface area contributed by atoms with Crippen LogP contribution in [0.25, 0.3) is 0 Å². The van der Waals surface area contributed by atoms with E-state index < -0.39 is 5.41 Å². The van der Waals surface area contributed by atoms with E-state index in [0.29, 0.717) is 23.5 Å². The van der Waals surface area contributed by atoms with Gasteiger partial charge in [-0.1, -0.05) is 59.4 Å². The number of thiocarbonyl (C=S) groups is 1. The molecule has 7 heteroatoms. The maximum absolute atomic E-state index is 12.5. The molecule has 0 atom stereocenters. The normalized spacial score (nSPS) is 10.9. The zero-order valence-corrected chi connectivity index (χ0v) is 20.8. The average molecular weight is 470 g/mol. The molecule has 2 rings (SSSR count). The van der Waals surface area contributed by atoms with Crippen LogP contribution in [0.2, 0.25) is 0 Å². The number of hydrogen-bond donors (Lipinski definition) is 3. The summed E-state index contributed by atoms with van der Waals surface area (Å²) in [6.07, 6.45) is 5.93. The Morgan fingerprint density at radius 1 is 0.909 bits per heavy atom. The molecule has 2 aromatic rings. The number of nitrogens with one attached hydrogen (secondary N) is 3. The van der Waals surface area contributed by atoms with Crippen LogP contribution in [-0.4, -0.2) is 23.5 Å². The van der Waals surface area contributed by atoms with Gasteiger partial charge in [0.05, 0.1) is 6.61 Å². The number of amides is 2. The molecule has 33 heavy (non-hydrogen) atoms. The molecule has 6 nitrogen and oxygen atoms in total. The highest BCUT2D eigenvalue weighted by Gasteiger charge is 2.21. The standard InChI is InChI=1S/C26H35N3O3S/c1-5-6-7-8-9-17-32-22-15-13-19(14-16-22)23(30)29-25(33)28-21-12-10-11-20(18-21)27-24(31)26(2,3)4/h10-16,18H,5-9,17H2,1-4H3,(H,27,31)(H2,28,29,30,33). The van der Waals surface area contributed by atoms with Crippen molar-refractivity contribution in [1.82, 2.24) is 5.32 Å². The number of benzene rings is 2. The van der Waals surface area contributed by atoms with E-state index in [-0.39, 0.29) is 16.9 Å². The number of unbranched alkanes of at least 4 members (excludes halogenated alkanes) is 4. The highest BCUT2D eigenvalue weighted by atomic mass is 32.1. The highest BCUT2D eigenvalue weighted by Crippen LogP contribution is 2.20. The van der Waals surface area contributed by atoms with Crippen molar-refractivity contribution >= 4 is 40.5 Å². The van der Waals surface area contributed by atoms with Gasteiger partial charge in [0.2, 0.25) is 5.91 Å². The predicted molar refractivity (Wildman–Crippen MR) is 139 cm³/mol. The molecule has 0 unspecified atom stereocenters. The molecule has 178 valence electrons. The summed E-state index contributed by atoms with van der Waals surface area (Å²) in [5.41, 5.74) is 1.30. The van der Waals surface area contributed by atoms with Crippen molar-refractivity contribution in [3.05, 3.63) is 54.1 Å². The molecular formula is C26H35N3O3S. The molecular weight excluding hydrogens is 434 g/mol. The summed E-state index contributed by atoms with van der Waals surface area (Å²) >= 11 is 5.27. The Morgan fingerprint density at radius 2 is 1.55 bits per heavy atom. The molecule has 0 radical (unpaired) electrons. The van der Waals surface area contributed by atoms with Crippen LogP contribution in [0.5, 0.6) is 5.75 Å². The van der Waals surface area contributed by atoms with Gasteiger partial charge in [0.25, 0.3) is 5.91 Å². The van der Waals surface area contributed by atoms with Crippen molar-refractivity contribution in [2.45, 2.75) is 59.8 Å². The average Bonchev–Trinajstić information content (AvgIpc) is 2.76. The minimum absolute atomic E-state index is 0.0838. The van der Waals surface area contributed by atoms with E-state index in [1.165, 1.54) is 25.7 Å². The third-order valence-corrected chi connectivity index (χ3v) is 5.12. The zero-order chi connectivity index (χ0) is 24.3. The number of anilines is 2. The van der Waals surface area contributed by atoms with Gasteiger partial charge >= 0.3 is 0 Å². The van der Waals surface area contributed by atoms with Crippen LogP contribution < -0.4 is 20.7 Å². The van der Waals surface area contributed by atoms with Crippen LogP contribution >= 0.6 is 12.2 Å². The SMILES string of the molecule is CCCCCCCOc1ccc(C(=O)NC(=S)Nc2cccc(NC(=O)C(C)(C)C)c2)cc1. The van der Waals surface area contributed by atoms with Gasteiger partial charge in [0.1, 0.15) is 5.75 Å². The first kappa shape index (κ1) is 26.3. The number of hydrogen-bond acceptors (Lipinski definition) is 4. The molecule has 2 amide bonds. The Hall–Kier alpha value is -2.93. The van der Waals surface area contributed by atoms with Gasteiger partial charge in [-0.15, -0.1) is 0 Å². The van der Waals surface area contributed by atoms with E-state index in [1.807, 2.05) is 20.8 Å². The van der Waals surface area contributed by atoms with Gasteiger partial charge in [0, 0.05) is 22.4 Å². The van der Waals surface area contributed by atoms with Crippen LogP contribution in [0.15, 0.2) is 48.5 Å². The first-order valence-corrected chi connectivity index (χ1v) is 11.9. The Bertz CT molecular complexity index is 937. The van der Waals surface area contributed by atoms with E-state index >= 15 is 0 Å². The molecule has 0 fully saturated rings. The summed E-state index contributed by atoms with van der Waals surface area (Å²) in [5, 5.41) is 8.70. The van der Waals surface area contributed by atoms with Gasteiger partial charge < -0.3 is 15.4 Å². The van der Waals surface area contributed by atoms with Crippen molar-refractivity contribution in [1.29, 1.82) is 0 Å². The maximum atomic E-state index is 12.5. The van der Waals surface area contributed by atoms with Crippen LogP contribution in [0.3, 0.4) is 0 Å². The lowest BCUT2D eigenvalue weighted by Gasteiger charge is -2.18. The molecule has 0 bridgehead atoms. The smallest absolute Gasteiger partial charge is 0.257 e. The topological polar surface area (TPSA) is 79.5 Å². The molecule has 0 aliphatic rings. The van der Waals surface area contributed by atoms with Crippen molar-refractivity contribution < 1.29 is 14.3 Å². The van der Waals surface area contributed by atoms with Crippen molar-refractivity contribution in [2.75, 3.05) is 17.2 Å². The molecule has 2 aromatic carbocycles. The van der Waals surface area contributed by atoms with Crippen molar-refractivity contribution in [2.24, 2.45) is 5.41 Å². The van der Waals surface area contributed by atoms with E-state index in [4.69, 9.17) is 17.0 Å². The molecule has 0 aliphatic heterocycles. The summed E-state index contributed by atoms with van der Waals surface area (Å²) in [7, 11) is 0. The van der Waals surface area contributed by atoms with Crippen LogP contribution in [0.1, 0.15) is 70.2 Å². The fourth-order valence-corrected chi connectivity index (χ4v) is 3.14. The fraction of sp³-hybridized carbons (Fsp3) is 0.423. The third kappa shape index (κ3) is 9.61. The first-order valence-electron chi connectivity index (χ1n) is 11.5. The molecule has 0 saturated heterocycles. The fourth-order valence-electron chi connectivity index (χ4n) is 2.93. The zero-order valence-electron chi connectivity index (χ0n) is 20.0. The largest absolute Gasteiger partial charge is 0.494 e. The lowest BCUT2D eigenvalue weighted by atomic mass is 9.95. The molecule has 0 aliphatic carbocycles. The quantitative estimate of drug-likeness (QED) is 0.287. The summed E-state index contributed by atoms with van der Waals surface area (Å²) < 4.78 is 5.74. The summed E-state index contributed by atoms with van der Waals surface area (Å²) in [6, 6.07) is 14.2. The lowest BCUT2D eigenvalue weighted by Crippen LogP contribution is -2.34. The minimum Gasteiger partial charge on any atom is -0.494 e. The van der Waals surface area contributed by atoms with Gasteiger partial charge in [-0.25, -0.2) is 0 Å². The Kier molecular flexibility index (Phi) is 10.3. The molecule has 0 aromatic heterocycles. The second-order valence-electron chi connectivity index (χ2n) is 8.98. The third-order valence-electron chi connectivity index (χ3n) is 4.92. The van der Waals surface area contributed by atoms with Crippen LogP contribution in [0, 0.1) is 5.41 Å². The van der Waals surface area contributed by atoms with E-state index in [9.17, 15) is 9.59 Å². The Morgan fingerprint density at radius 3 is 2.18 bits per heavy atom. The van der Waals surface area contributed by atoms with E-state index in [2.05, 4.69) is 22.9 Å². The lowest BCUT2D eigenvalue weighted by molar-refractivity contribution is -0.123. The predicted octanol–water partition coefficient (Wildman–Crippen LogP) is 6.15. The van der Waals surface area contributed by atoms with E-state index in [0.717, 1.165) is 12.2 Å². The van der Waals surface area contributed by atoms with Gasteiger partial charge in [0.15, 0.2) is 5.11 Å². The maximum Gasteiger partial charge on any atom is 0.257 e. The molecule has 0 heterocycles. The Balaban J connectivity index is 1.82. The van der Waals surface area contributed by atoms with Crippen molar-refractivity contribution in [3.8, 4) is 5.75 Å². The number of carbonyl (C=O) groups is 2. The van der Waals surface area contributed by atoms with Gasteiger partial charge in [-0.2, -0.15) is 0 Å². The monoisotopic (exact) mass is 469 g/mol. The molecule has 0 saturated carbocycles. The molecule has 3 N–H and O–H groups in total. The molecule has 0 spiro atoms. The first-order chi connectivity index (χ1) is 15.7. The summed E-state index contributed by atoms with van der Waals surface area (Å²) in [4.78, 5) is 24.7. The highest BCUT2D eigenvalue weighted by molar-refractivity contribution is 7.80. The summed E-state index contributed by atoms with van der Waals surface area (Å²) in [5.74, 6) is 0.354. The van der Waals surface area contributed by atoms with Crippen LogP contribution in [0.4, 0.5) is 11.4 Å². The van der Waals surface area contributed by atoms with Crippen LogP contribution in [-0.2, 0) is 4.79 Å². The second-order valence-corrected chi connectivity index (χ2v) is 9.39. The van der Waals surface area contributed by atoms with E-state index in [1.54, 1.807) is 48.5 Å². The number of ether oxygens (including phenoxy) is 1. The van der Waals surface area contributed by atoms with Gasteiger partial charge in [-0.05, 0) is 61.1 Å².